The summed E-state index contributed by atoms with van der Waals surface area (Å²) in [6.07, 6.45) is 2.72. The summed E-state index contributed by atoms with van der Waals surface area (Å²) in [5, 5.41) is 3.19. The molecule has 1 N–H and O–H groups in total. The van der Waals surface area contributed by atoms with E-state index in [1.54, 1.807) is 37.3 Å². The summed E-state index contributed by atoms with van der Waals surface area (Å²) in [7, 11) is -3.69. The van der Waals surface area contributed by atoms with Crippen LogP contribution < -0.4 is 9.62 Å². The molecule has 0 radical (unpaired) electrons. The fourth-order valence-electron chi connectivity index (χ4n) is 2.95. The zero-order valence-corrected chi connectivity index (χ0v) is 17.4. The molecule has 28 heavy (non-hydrogen) atoms. The summed E-state index contributed by atoms with van der Waals surface area (Å²) < 4.78 is 38.8. The van der Waals surface area contributed by atoms with Crippen molar-refractivity contribution in [3.05, 3.63) is 64.9 Å². The second-order valence-electron chi connectivity index (χ2n) is 6.48. The van der Waals surface area contributed by atoms with Gasteiger partial charge in [0.2, 0.25) is 15.9 Å². The van der Waals surface area contributed by atoms with Crippen LogP contribution in [0, 0.1) is 5.82 Å². The van der Waals surface area contributed by atoms with Crippen LogP contribution in [0.2, 0.25) is 5.02 Å². The fourth-order valence-corrected chi connectivity index (χ4v) is 4.33. The SMILES string of the molecule is CC[C@@H](C(=O)NCCCc1ccc(F)cc1)N(c1cccc(Cl)c1)S(C)(=O)=O. The van der Waals surface area contributed by atoms with Crippen LogP contribution in [0.25, 0.3) is 0 Å². The number of carbonyl (C=O) groups excluding carboxylic acids is 1. The van der Waals surface area contributed by atoms with Gasteiger partial charge >= 0.3 is 0 Å². The van der Waals surface area contributed by atoms with Crippen LogP contribution in [0.1, 0.15) is 25.3 Å². The molecule has 0 saturated carbocycles. The molecule has 1 atom stereocenters. The van der Waals surface area contributed by atoms with Crippen molar-refractivity contribution in [3.63, 3.8) is 0 Å². The van der Waals surface area contributed by atoms with Crippen molar-refractivity contribution >= 4 is 33.2 Å². The lowest BCUT2D eigenvalue weighted by Crippen LogP contribution is -2.49. The van der Waals surface area contributed by atoms with E-state index < -0.39 is 16.1 Å². The minimum atomic E-state index is -3.69. The first kappa shape index (κ1) is 22.2. The number of sulfonamides is 1. The third-order valence-electron chi connectivity index (χ3n) is 4.25. The van der Waals surface area contributed by atoms with Crippen molar-refractivity contribution in [1.82, 2.24) is 5.32 Å². The van der Waals surface area contributed by atoms with Gasteiger partial charge in [-0.2, -0.15) is 0 Å². The minimum Gasteiger partial charge on any atom is -0.354 e. The monoisotopic (exact) mass is 426 g/mol. The van der Waals surface area contributed by atoms with Crippen LogP contribution >= 0.6 is 11.6 Å². The first-order valence-electron chi connectivity index (χ1n) is 8.99. The van der Waals surface area contributed by atoms with E-state index in [-0.39, 0.29) is 11.7 Å². The zero-order chi connectivity index (χ0) is 20.7. The summed E-state index contributed by atoms with van der Waals surface area (Å²) in [5.74, 6) is -0.656. The van der Waals surface area contributed by atoms with Gasteiger partial charge in [-0.3, -0.25) is 9.10 Å². The van der Waals surface area contributed by atoms with E-state index in [9.17, 15) is 17.6 Å². The van der Waals surface area contributed by atoms with Crippen molar-refractivity contribution in [2.45, 2.75) is 32.2 Å². The number of rotatable bonds is 9. The predicted octanol–water partition coefficient (Wildman–Crippen LogP) is 3.77. The lowest BCUT2D eigenvalue weighted by Gasteiger charge is -2.30. The van der Waals surface area contributed by atoms with E-state index in [0.717, 1.165) is 16.1 Å². The van der Waals surface area contributed by atoms with Gasteiger partial charge in [0.1, 0.15) is 11.9 Å². The van der Waals surface area contributed by atoms with Gasteiger partial charge in [0.25, 0.3) is 0 Å². The van der Waals surface area contributed by atoms with E-state index in [0.29, 0.717) is 36.5 Å². The number of anilines is 1. The lowest BCUT2D eigenvalue weighted by atomic mass is 10.1. The van der Waals surface area contributed by atoms with Crippen molar-refractivity contribution < 1.29 is 17.6 Å². The third kappa shape index (κ3) is 6.21. The highest BCUT2D eigenvalue weighted by molar-refractivity contribution is 7.92. The number of nitrogens with zero attached hydrogens (tertiary/aromatic N) is 1. The number of halogens is 2. The van der Waals surface area contributed by atoms with Crippen LogP contribution in [-0.4, -0.2) is 33.2 Å². The van der Waals surface area contributed by atoms with Crippen LogP contribution in [0.15, 0.2) is 48.5 Å². The van der Waals surface area contributed by atoms with Crippen molar-refractivity contribution in [3.8, 4) is 0 Å². The predicted molar refractivity (Wildman–Crippen MR) is 111 cm³/mol. The van der Waals surface area contributed by atoms with Gasteiger partial charge in [0.05, 0.1) is 11.9 Å². The van der Waals surface area contributed by atoms with Gasteiger partial charge in [-0.1, -0.05) is 36.7 Å². The average molecular weight is 427 g/mol. The Hall–Kier alpha value is -2.12. The van der Waals surface area contributed by atoms with E-state index >= 15 is 0 Å². The van der Waals surface area contributed by atoms with Crippen LogP contribution in [0.4, 0.5) is 10.1 Å². The molecule has 2 aromatic carbocycles. The molecular weight excluding hydrogens is 403 g/mol. The summed E-state index contributed by atoms with van der Waals surface area (Å²) in [6, 6.07) is 11.7. The standard InChI is InChI=1S/C20H24ClFN2O3S/c1-3-19(24(28(2,26)27)18-8-4-7-16(21)14-18)20(25)23-13-5-6-15-9-11-17(22)12-10-15/h4,7-12,14,19H,3,5-6,13H2,1-2H3,(H,23,25)/t19-/m0/s1. The Morgan fingerprint density at radius 2 is 1.89 bits per heavy atom. The quantitative estimate of drug-likeness (QED) is 0.620. The molecule has 1 amide bonds. The molecule has 0 aliphatic heterocycles. The highest BCUT2D eigenvalue weighted by atomic mass is 35.5. The molecule has 0 aliphatic carbocycles. The largest absolute Gasteiger partial charge is 0.354 e. The van der Waals surface area contributed by atoms with Crippen molar-refractivity contribution in [2.75, 3.05) is 17.1 Å². The number of nitrogens with one attached hydrogen (secondary N) is 1. The molecule has 5 nitrogen and oxygen atoms in total. The van der Waals surface area contributed by atoms with E-state index in [4.69, 9.17) is 11.6 Å². The number of hydrogen-bond acceptors (Lipinski definition) is 3. The number of amides is 1. The maximum atomic E-state index is 12.9. The summed E-state index contributed by atoms with van der Waals surface area (Å²) in [4.78, 5) is 12.7. The molecule has 0 aliphatic rings. The Morgan fingerprint density at radius 1 is 1.21 bits per heavy atom. The van der Waals surface area contributed by atoms with E-state index in [1.165, 1.54) is 18.2 Å². The average Bonchev–Trinajstić information content (AvgIpc) is 2.63. The second kappa shape index (κ2) is 9.89. The molecule has 0 heterocycles. The molecule has 2 rings (SSSR count). The number of carbonyl (C=O) groups is 1. The molecule has 0 spiro atoms. The maximum absolute atomic E-state index is 12.9. The van der Waals surface area contributed by atoms with Crippen molar-refractivity contribution in [1.29, 1.82) is 0 Å². The first-order valence-corrected chi connectivity index (χ1v) is 11.2. The second-order valence-corrected chi connectivity index (χ2v) is 8.78. The highest BCUT2D eigenvalue weighted by Crippen LogP contribution is 2.25. The molecule has 8 heteroatoms. The van der Waals surface area contributed by atoms with Gasteiger partial charge in [-0.05, 0) is 55.2 Å². The summed E-state index contributed by atoms with van der Waals surface area (Å²) >= 11 is 5.99. The maximum Gasteiger partial charge on any atom is 0.243 e. The molecular formula is C20H24ClFN2O3S. The fraction of sp³-hybridized carbons (Fsp3) is 0.350. The molecule has 152 valence electrons. The van der Waals surface area contributed by atoms with Crippen LogP contribution in [0.3, 0.4) is 0 Å². The molecule has 0 unspecified atom stereocenters. The zero-order valence-electron chi connectivity index (χ0n) is 15.9. The summed E-state index contributed by atoms with van der Waals surface area (Å²) in [6.45, 7) is 2.14. The molecule has 0 bridgehead atoms. The van der Waals surface area contributed by atoms with Crippen LogP contribution in [0.5, 0.6) is 0 Å². The Bertz CT molecular complexity index is 904. The van der Waals surface area contributed by atoms with Gasteiger partial charge in [0.15, 0.2) is 0 Å². The van der Waals surface area contributed by atoms with Gasteiger partial charge in [-0.25, -0.2) is 12.8 Å². The topological polar surface area (TPSA) is 66.5 Å². The minimum absolute atomic E-state index is 0.287. The third-order valence-corrected chi connectivity index (χ3v) is 5.66. The van der Waals surface area contributed by atoms with E-state index in [2.05, 4.69) is 5.32 Å². The number of aryl methyl sites for hydroxylation is 1. The Labute approximate surface area is 170 Å². The molecule has 2 aromatic rings. The Kier molecular flexibility index (Phi) is 7.83. The number of benzene rings is 2. The Morgan fingerprint density at radius 3 is 2.46 bits per heavy atom. The Balaban J connectivity index is 2.04. The van der Waals surface area contributed by atoms with Crippen LogP contribution in [-0.2, 0) is 21.2 Å². The molecule has 0 fully saturated rings. The normalized spacial score (nSPS) is 12.4. The first-order chi connectivity index (χ1) is 13.2. The lowest BCUT2D eigenvalue weighted by molar-refractivity contribution is -0.122. The number of hydrogen-bond donors (Lipinski definition) is 1. The van der Waals surface area contributed by atoms with Gasteiger partial charge in [-0.15, -0.1) is 0 Å². The van der Waals surface area contributed by atoms with E-state index in [1.807, 2.05) is 0 Å². The van der Waals surface area contributed by atoms with Gasteiger partial charge < -0.3 is 5.32 Å². The smallest absolute Gasteiger partial charge is 0.243 e. The highest BCUT2D eigenvalue weighted by Gasteiger charge is 2.31. The van der Waals surface area contributed by atoms with Gasteiger partial charge in [0, 0.05) is 11.6 Å². The van der Waals surface area contributed by atoms with Crippen molar-refractivity contribution in [2.24, 2.45) is 0 Å². The molecule has 0 saturated heterocycles. The summed E-state index contributed by atoms with van der Waals surface area (Å²) in [5.41, 5.74) is 1.32. The molecule has 0 aromatic heterocycles.